The number of nitrogens with two attached hydrogens (primary N) is 1. The second-order valence-electron chi connectivity index (χ2n) is 5.58. The van der Waals surface area contributed by atoms with E-state index >= 15 is 0 Å². The summed E-state index contributed by atoms with van der Waals surface area (Å²) in [5, 5.41) is 9.87. The van der Waals surface area contributed by atoms with E-state index in [0.717, 1.165) is 12.8 Å². The second-order valence-corrected chi connectivity index (χ2v) is 7.52. The highest BCUT2D eigenvalue weighted by atomic mass is 32.2. The minimum Gasteiger partial charge on any atom is -0.393 e. The minimum absolute atomic E-state index is 0.0843. The normalized spacial score (nSPS) is 30.6. The van der Waals surface area contributed by atoms with Crippen molar-refractivity contribution < 1.29 is 13.5 Å². The van der Waals surface area contributed by atoms with Crippen LogP contribution in [0.25, 0.3) is 0 Å². The van der Waals surface area contributed by atoms with Gasteiger partial charge in [-0.1, -0.05) is 0 Å². The Morgan fingerprint density at radius 3 is 2.75 bits per heavy atom. The van der Waals surface area contributed by atoms with Gasteiger partial charge >= 0.3 is 0 Å². The van der Waals surface area contributed by atoms with Gasteiger partial charge < -0.3 is 10.8 Å². The quantitative estimate of drug-likeness (QED) is 0.814. The van der Waals surface area contributed by atoms with Gasteiger partial charge in [-0.25, -0.2) is 8.42 Å². The van der Waals surface area contributed by atoms with Crippen LogP contribution in [0, 0.1) is 11.8 Å². The monoisotopic (exact) mass is 297 g/mol. The van der Waals surface area contributed by atoms with Crippen molar-refractivity contribution in [1.82, 2.24) is 9.29 Å². The van der Waals surface area contributed by atoms with E-state index < -0.39 is 10.0 Å². The van der Waals surface area contributed by atoms with Gasteiger partial charge in [0, 0.05) is 31.7 Å². The molecule has 20 heavy (non-hydrogen) atoms. The number of aliphatic hydroxyl groups is 1. The van der Waals surface area contributed by atoms with Crippen molar-refractivity contribution >= 4 is 10.0 Å². The maximum atomic E-state index is 12.5. The number of hydrogen-bond acceptors (Lipinski definition) is 5. The highest BCUT2D eigenvalue weighted by molar-refractivity contribution is 7.89. The predicted octanol–water partition coefficient (Wildman–Crippen LogP) is -0.0683. The highest BCUT2D eigenvalue weighted by Crippen LogP contribution is 2.39. The minimum atomic E-state index is -3.51. The molecule has 0 aromatic carbocycles. The fourth-order valence-corrected chi connectivity index (χ4v) is 4.71. The van der Waals surface area contributed by atoms with Gasteiger partial charge in [0.2, 0.25) is 10.0 Å². The standard InChI is InChI=1S/C13H19N3O3S/c14-5-10-2-3-11(6-15-10)20(18,19)16-7-9-1-4-13(17)12(9)8-16/h2-3,6,9,12-13,17H,1,4-5,7-8,14H2. The summed E-state index contributed by atoms with van der Waals surface area (Å²) < 4.78 is 26.6. The first kappa shape index (κ1) is 13.9. The van der Waals surface area contributed by atoms with Crippen molar-refractivity contribution in [3.05, 3.63) is 24.0 Å². The molecule has 110 valence electrons. The zero-order valence-corrected chi connectivity index (χ0v) is 12.0. The van der Waals surface area contributed by atoms with Crippen LogP contribution in [0.4, 0.5) is 0 Å². The summed E-state index contributed by atoms with van der Waals surface area (Å²) in [4.78, 5) is 4.24. The molecule has 6 nitrogen and oxygen atoms in total. The molecule has 7 heteroatoms. The Labute approximate surface area is 118 Å². The van der Waals surface area contributed by atoms with Crippen molar-refractivity contribution in [2.24, 2.45) is 17.6 Å². The van der Waals surface area contributed by atoms with Crippen LogP contribution in [0.2, 0.25) is 0 Å². The summed E-state index contributed by atoms with van der Waals surface area (Å²) in [6, 6.07) is 3.19. The number of rotatable bonds is 3. The molecule has 0 radical (unpaired) electrons. The van der Waals surface area contributed by atoms with Crippen molar-refractivity contribution in [2.45, 2.75) is 30.4 Å². The van der Waals surface area contributed by atoms with Crippen LogP contribution in [-0.4, -0.2) is 42.0 Å². The Balaban J connectivity index is 1.82. The number of pyridine rings is 1. The van der Waals surface area contributed by atoms with Gasteiger partial charge in [-0.05, 0) is 30.9 Å². The Hall–Kier alpha value is -1.02. The molecule has 2 aliphatic rings. The maximum absolute atomic E-state index is 12.5. The average Bonchev–Trinajstić information content (AvgIpc) is 3.02. The van der Waals surface area contributed by atoms with E-state index in [-0.39, 0.29) is 22.8 Å². The van der Waals surface area contributed by atoms with E-state index in [1.807, 2.05) is 0 Å². The van der Waals surface area contributed by atoms with Crippen LogP contribution < -0.4 is 5.73 Å². The lowest BCUT2D eigenvalue weighted by Crippen LogP contribution is -2.31. The van der Waals surface area contributed by atoms with E-state index in [1.54, 1.807) is 12.1 Å². The third-order valence-electron chi connectivity index (χ3n) is 4.43. The third-order valence-corrected chi connectivity index (χ3v) is 6.25. The van der Waals surface area contributed by atoms with Gasteiger partial charge in [0.25, 0.3) is 0 Å². The van der Waals surface area contributed by atoms with Crippen LogP contribution in [0.5, 0.6) is 0 Å². The molecule has 2 heterocycles. The number of aromatic nitrogens is 1. The largest absolute Gasteiger partial charge is 0.393 e. The number of aliphatic hydroxyl groups excluding tert-OH is 1. The number of nitrogens with zero attached hydrogens (tertiary/aromatic N) is 2. The van der Waals surface area contributed by atoms with Crippen molar-refractivity contribution in [3.8, 4) is 0 Å². The molecule has 0 bridgehead atoms. The van der Waals surface area contributed by atoms with Gasteiger partial charge in [0.1, 0.15) is 4.90 Å². The summed E-state index contributed by atoms with van der Waals surface area (Å²) >= 11 is 0. The molecule has 1 saturated carbocycles. The molecular weight excluding hydrogens is 278 g/mol. The van der Waals surface area contributed by atoms with Crippen LogP contribution in [0.15, 0.2) is 23.2 Å². The molecule has 2 fully saturated rings. The van der Waals surface area contributed by atoms with Crippen molar-refractivity contribution in [1.29, 1.82) is 0 Å². The van der Waals surface area contributed by atoms with Gasteiger partial charge in [0.15, 0.2) is 0 Å². The summed E-state index contributed by atoms with van der Waals surface area (Å²) in [6.07, 6.45) is 2.69. The van der Waals surface area contributed by atoms with E-state index in [2.05, 4.69) is 4.98 Å². The molecule has 3 atom stereocenters. The molecule has 0 amide bonds. The first-order valence-corrected chi connectivity index (χ1v) is 8.29. The summed E-state index contributed by atoms with van der Waals surface area (Å²) in [6.45, 7) is 1.20. The van der Waals surface area contributed by atoms with Crippen molar-refractivity contribution in [3.63, 3.8) is 0 Å². The molecule has 3 rings (SSSR count). The maximum Gasteiger partial charge on any atom is 0.244 e. The van der Waals surface area contributed by atoms with Gasteiger partial charge in [-0.15, -0.1) is 0 Å². The van der Waals surface area contributed by atoms with E-state index in [4.69, 9.17) is 5.73 Å². The van der Waals surface area contributed by atoms with E-state index in [1.165, 1.54) is 10.5 Å². The van der Waals surface area contributed by atoms with Crippen LogP contribution in [0.3, 0.4) is 0 Å². The molecular formula is C13H19N3O3S. The molecule has 1 aliphatic carbocycles. The van der Waals surface area contributed by atoms with Crippen LogP contribution in [-0.2, 0) is 16.6 Å². The molecule has 1 aliphatic heterocycles. The topological polar surface area (TPSA) is 96.5 Å². The summed E-state index contributed by atoms with van der Waals surface area (Å²) in [7, 11) is -3.51. The zero-order valence-electron chi connectivity index (χ0n) is 11.1. The van der Waals surface area contributed by atoms with Gasteiger partial charge in [-0.2, -0.15) is 4.31 Å². The van der Waals surface area contributed by atoms with Gasteiger partial charge in [0.05, 0.1) is 11.8 Å². The van der Waals surface area contributed by atoms with Crippen LogP contribution >= 0.6 is 0 Å². The Morgan fingerprint density at radius 2 is 2.15 bits per heavy atom. The Kier molecular flexibility index (Phi) is 3.53. The lowest BCUT2D eigenvalue weighted by atomic mass is 10.00. The molecule has 0 spiro atoms. The Bertz CT molecular complexity index is 587. The first-order valence-electron chi connectivity index (χ1n) is 6.85. The summed E-state index contributed by atoms with van der Waals surface area (Å²) in [5.74, 6) is 0.372. The smallest absolute Gasteiger partial charge is 0.244 e. The predicted molar refractivity (Wildman–Crippen MR) is 73.1 cm³/mol. The molecule has 1 aromatic rings. The third kappa shape index (κ3) is 2.24. The first-order chi connectivity index (χ1) is 9.52. The van der Waals surface area contributed by atoms with E-state index in [0.29, 0.717) is 25.3 Å². The van der Waals surface area contributed by atoms with E-state index in [9.17, 15) is 13.5 Å². The fraction of sp³-hybridized carbons (Fsp3) is 0.615. The van der Waals surface area contributed by atoms with Crippen molar-refractivity contribution in [2.75, 3.05) is 13.1 Å². The number of hydrogen-bond donors (Lipinski definition) is 2. The lowest BCUT2D eigenvalue weighted by molar-refractivity contribution is 0.129. The molecule has 3 unspecified atom stereocenters. The average molecular weight is 297 g/mol. The fourth-order valence-electron chi connectivity index (χ4n) is 3.23. The molecule has 3 N–H and O–H groups in total. The number of fused-ring (bicyclic) bond motifs is 1. The summed E-state index contributed by atoms with van der Waals surface area (Å²) in [5.41, 5.74) is 6.12. The van der Waals surface area contributed by atoms with Crippen LogP contribution in [0.1, 0.15) is 18.5 Å². The zero-order chi connectivity index (χ0) is 14.3. The lowest BCUT2D eigenvalue weighted by Gasteiger charge is -2.18. The Morgan fingerprint density at radius 1 is 1.35 bits per heavy atom. The van der Waals surface area contributed by atoms with Gasteiger partial charge in [-0.3, -0.25) is 4.98 Å². The highest BCUT2D eigenvalue weighted by Gasteiger charge is 2.45. The SMILES string of the molecule is NCc1ccc(S(=O)(=O)N2CC3CCC(O)C3C2)cn1. The number of sulfonamides is 1. The second kappa shape index (κ2) is 5.07. The molecule has 1 aromatic heterocycles. The molecule has 1 saturated heterocycles.